The Labute approximate surface area is 144 Å². The molecule has 0 radical (unpaired) electrons. The molecule has 0 spiro atoms. The van der Waals surface area contributed by atoms with Crippen LogP contribution in [0.1, 0.15) is 34.9 Å². The fourth-order valence-corrected chi connectivity index (χ4v) is 2.34. The van der Waals surface area contributed by atoms with Crippen molar-refractivity contribution in [2.75, 3.05) is 7.05 Å². The number of nitrogens with one attached hydrogen (secondary N) is 1. The van der Waals surface area contributed by atoms with Gasteiger partial charge in [-0.3, -0.25) is 9.89 Å². The van der Waals surface area contributed by atoms with Crippen LogP contribution >= 0.6 is 0 Å². The van der Waals surface area contributed by atoms with Crippen molar-refractivity contribution in [2.24, 2.45) is 0 Å². The number of carbonyl (C=O) groups is 1. The van der Waals surface area contributed by atoms with Crippen molar-refractivity contribution in [3.8, 4) is 5.75 Å². The molecule has 3 rings (SSSR count). The molecular weight excluding hydrogens is 325 g/mol. The zero-order valence-electron chi connectivity index (χ0n) is 13.9. The third kappa shape index (κ3) is 3.88. The monoisotopic (exact) mass is 343 g/mol. The third-order valence-electron chi connectivity index (χ3n) is 3.90. The van der Waals surface area contributed by atoms with E-state index in [1.165, 1.54) is 12.1 Å². The predicted octanol–water partition coefficient (Wildman–Crippen LogP) is 3.55. The largest absolute Gasteiger partial charge is 0.487 e. The summed E-state index contributed by atoms with van der Waals surface area (Å²) >= 11 is 0. The van der Waals surface area contributed by atoms with Crippen molar-refractivity contribution in [1.29, 1.82) is 0 Å². The van der Waals surface area contributed by atoms with Crippen LogP contribution in [0.2, 0.25) is 0 Å². The minimum absolute atomic E-state index is 0.154. The molecule has 0 fully saturated rings. The quantitative estimate of drug-likeness (QED) is 0.743. The van der Waals surface area contributed by atoms with E-state index in [-0.39, 0.29) is 30.1 Å². The van der Waals surface area contributed by atoms with Gasteiger partial charge in [-0.15, -0.1) is 0 Å². The lowest BCUT2D eigenvalue weighted by atomic mass is 10.2. The Bertz CT molecular complexity index is 845. The Morgan fingerprint density at radius 3 is 2.92 bits per heavy atom. The van der Waals surface area contributed by atoms with Gasteiger partial charge in [0.1, 0.15) is 23.9 Å². The standard InChI is InChI=1S/C18H18FN3O3/c1-12(17-7-4-8-24-17)22(2)18(23)16-10-14(20-21-16)11-25-15-6-3-5-13(19)9-15/h3-10,12H,11H2,1-2H3,(H,20,21)/t12-/m1/s1. The summed E-state index contributed by atoms with van der Waals surface area (Å²) in [5.74, 6) is 0.496. The molecule has 1 atom stereocenters. The fourth-order valence-electron chi connectivity index (χ4n) is 2.34. The summed E-state index contributed by atoms with van der Waals surface area (Å²) in [7, 11) is 1.69. The Morgan fingerprint density at radius 2 is 2.20 bits per heavy atom. The molecule has 6 nitrogen and oxygen atoms in total. The number of carbonyl (C=O) groups excluding carboxylic acids is 1. The number of nitrogens with zero attached hydrogens (tertiary/aromatic N) is 2. The van der Waals surface area contributed by atoms with Gasteiger partial charge in [0.25, 0.3) is 5.91 Å². The van der Waals surface area contributed by atoms with Crippen molar-refractivity contribution in [2.45, 2.75) is 19.6 Å². The van der Waals surface area contributed by atoms with Crippen LogP contribution in [0.3, 0.4) is 0 Å². The third-order valence-corrected chi connectivity index (χ3v) is 3.90. The first-order valence-electron chi connectivity index (χ1n) is 7.78. The van der Waals surface area contributed by atoms with Gasteiger partial charge in [0.2, 0.25) is 0 Å². The number of halogens is 1. The second-order valence-corrected chi connectivity index (χ2v) is 5.63. The maximum atomic E-state index is 13.1. The molecular formula is C18H18FN3O3. The SMILES string of the molecule is C[C@H](c1ccco1)N(C)C(=O)c1cc(COc2cccc(F)c2)[nH]n1. The molecule has 130 valence electrons. The molecule has 0 saturated carbocycles. The first-order valence-corrected chi connectivity index (χ1v) is 7.78. The second-order valence-electron chi connectivity index (χ2n) is 5.63. The van der Waals surface area contributed by atoms with E-state index >= 15 is 0 Å². The van der Waals surface area contributed by atoms with Crippen LogP contribution in [0.25, 0.3) is 0 Å². The number of amides is 1. The van der Waals surface area contributed by atoms with E-state index < -0.39 is 0 Å². The number of benzene rings is 1. The van der Waals surface area contributed by atoms with Crippen molar-refractivity contribution in [3.63, 3.8) is 0 Å². The number of aromatic amines is 1. The van der Waals surface area contributed by atoms with Gasteiger partial charge in [-0.1, -0.05) is 6.07 Å². The summed E-state index contributed by atoms with van der Waals surface area (Å²) in [6, 6.07) is 10.9. The van der Waals surface area contributed by atoms with Crippen LogP contribution in [0, 0.1) is 5.82 Å². The van der Waals surface area contributed by atoms with E-state index in [2.05, 4.69) is 10.2 Å². The van der Waals surface area contributed by atoms with Crippen molar-refractivity contribution >= 4 is 5.91 Å². The number of H-pyrrole nitrogens is 1. The van der Waals surface area contributed by atoms with Crippen molar-refractivity contribution in [1.82, 2.24) is 15.1 Å². The number of aromatic nitrogens is 2. The van der Waals surface area contributed by atoms with Gasteiger partial charge >= 0.3 is 0 Å². The van der Waals surface area contributed by atoms with Gasteiger partial charge in [-0.25, -0.2) is 4.39 Å². The van der Waals surface area contributed by atoms with Crippen LogP contribution in [-0.2, 0) is 6.61 Å². The van der Waals surface area contributed by atoms with Crippen molar-refractivity contribution in [3.05, 3.63) is 71.7 Å². The molecule has 0 bridgehead atoms. The lowest BCUT2D eigenvalue weighted by Gasteiger charge is -2.22. The molecule has 7 heteroatoms. The lowest BCUT2D eigenvalue weighted by molar-refractivity contribution is 0.0720. The highest BCUT2D eigenvalue weighted by atomic mass is 19.1. The summed E-state index contributed by atoms with van der Waals surface area (Å²) in [5, 5.41) is 6.79. The first kappa shape index (κ1) is 16.8. The maximum Gasteiger partial charge on any atom is 0.274 e. The van der Waals surface area contributed by atoms with Gasteiger partial charge in [-0.2, -0.15) is 5.10 Å². The summed E-state index contributed by atoms with van der Waals surface area (Å²) in [5.41, 5.74) is 0.894. The maximum absolute atomic E-state index is 13.1. The molecule has 0 aliphatic heterocycles. The molecule has 0 unspecified atom stereocenters. The highest BCUT2D eigenvalue weighted by Gasteiger charge is 2.22. The Morgan fingerprint density at radius 1 is 1.36 bits per heavy atom. The number of ether oxygens (including phenoxy) is 1. The summed E-state index contributed by atoms with van der Waals surface area (Å²) in [6.45, 7) is 2.03. The van der Waals surface area contributed by atoms with E-state index in [9.17, 15) is 9.18 Å². The first-order chi connectivity index (χ1) is 12.0. The van der Waals surface area contributed by atoms with Gasteiger partial charge in [0, 0.05) is 13.1 Å². The zero-order chi connectivity index (χ0) is 17.8. The highest BCUT2D eigenvalue weighted by molar-refractivity contribution is 5.92. The minimum atomic E-state index is -0.369. The zero-order valence-corrected chi connectivity index (χ0v) is 13.9. The molecule has 1 amide bonds. The number of furan rings is 1. The predicted molar refractivity (Wildman–Crippen MR) is 88.5 cm³/mol. The number of rotatable bonds is 6. The molecule has 0 aliphatic rings. The van der Waals surface area contributed by atoms with E-state index in [0.717, 1.165) is 0 Å². The van der Waals surface area contributed by atoms with E-state index in [0.29, 0.717) is 17.2 Å². The lowest BCUT2D eigenvalue weighted by Crippen LogP contribution is -2.29. The van der Waals surface area contributed by atoms with Crippen LogP contribution in [0.4, 0.5) is 4.39 Å². The normalized spacial score (nSPS) is 12.0. The van der Waals surface area contributed by atoms with Crippen molar-refractivity contribution < 1.29 is 18.3 Å². The molecule has 0 saturated heterocycles. The van der Waals surface area contributed by atoms with E-state index in [1.807, 2.05) is 13.0 Å². The minimum Gasteiger partial charge on any atom is -0.487 e. The molecule has 0 aliphatic carbocycles. The molecule has 25 heavy (non-hydrogen) atoms. The van der Waals surface area contributed by atoms with E-state index in [1.54, 1.807) is 42.5 Å². The summed E-state index contributed by atoms with van der Waals surface area (Å²) in [6.07, 6.45) is 1.57. The summed E-state index contributed by atoms with van der Waals surface area (Å²) in [4.78, 5) is 14.1. The smallest absolute Gasteiger partial charge is 0.274 e. The fraction of sp³-hybridized carbons (Fsp3) is 0.222. The molecule has 1 N–H and O–H groups in total. The average molecular weight is 343 g/mol. The number of hydrogen-bond donors (Lipinski definition) is 1. The van der Waals surface area contributed by atoms with E-state index in [4.69, 9.17) is 9.15 Å². The molecule has 2 aromatic heterocycles. The molecule has 3 aromatic rings. The van der Waals surface area contributed by atoms with Gasteiger partial charge in [0.05, 0.1) is 18.0 Å². The van der Waals surface area contributed by atoms with Gasteiger partial charge in [0.15, 0.2) is 5.69 Å². The van der Waals surface area contributed by atoms with Crippen LogP contribution < -0.4 is 4.74 Å². The van der Waals surface area contributed by atoms with Gasteiger partial charge < -0.3 is 14.1 Å². The Kier molecular flexibility index (Phi) is 4.83. The summed E-state index contributed by atoms with van der Waals surface area (Å²) < 4.78 is 23.9. The Balaban J connectivity index is 1.63. The molecule has 1 aromatic carbocycles. The van der Waals surface area contributed by atoms with Gasteiger partial charge in [-0.05, 0) is 37.3 Å². The van der Waals surface area contributed by atoms with Crippen LogP contribution in [0.5, 0.6) is 5.75 Å². The molecule has 2 heterocycles. The topological polar surface area (TPSA) is 71.4 Å². The second kappa shape index (κ2) is 7.21. The Hall–Kier alpha value is -3.09. The highest BCUT2D eigenvalue weighted by Crippen LogP contribution is 2.21. The average Bonchev–Trinajstić information content (AvgIpc) is 3.30. The van der Waals surface area contributed by atoms with Crippen LogP contribution in [0.15, 0.2) is 53.1 Å². The van der Waals surface area contributed by atoms with Crippen LogP contribution in [-0.4, -0.2) is 28.1 Å². The number of hydrogen-bond acceptors (Lipinski definition) is 4.